The lowest BCUT2D eigenvalue weighted by Crippen LogP contribution is -2.40. The molecular weight excluding hydrogens is 479 g/mol. The summed E-state index contributed by atoms with van der Waals surface area (Å²) < 4.78 is 44.9. The molecule has 1 heterocycles. The molecule has 0 aromatic heterocycles. The Morgan fingerprint density at radius 3 is 2.56 bits per heavy atom. The summed E-state index contributed by atoms with van der Waals surface area (Å²) in [5, 5.41) is 5.93. The molecule has 1 aromatic rings. The van der Waals surface area contributed by atoms with Gasteiger partial charge in [-0.2, -0.15) is 8.78 Å². The number of hydrogen-bond donors (Lipinski definition) is 2. The van der Waals surface area contributed by atoms with Gasteiger partial charge in [-0.15, -0.1) is 24.0 Å². The summed E-state index contributed by atoms with van der Waals surface area (Å²) in [7, 11) is 2.87. The molecule has 1 unspecified atom stereocenters. The van der Waals surface area contributed by atoms with Crippen LogP contribution in [0.2, 0.25) is 0 Å². The minimum atomic E-state index is -2.97. The van der Waals surface area contributed by atoms with Crippen LogP contribution in [0.1, 0.15) is 12.5 Å². The first-order chi connectivity index (χ1) is 12.4. The van der Waals surface area contributed by atoms with Crippen molar-refractivity contribution in [3.63, 3.8) is 0 Å². The van der Waals surface area contributed by atoms with E-state index in [1.165, 1.54) is 13.2 Å². The quantitative estimate of drug-likeness (QED) is 0.256. The Balaban J connectivity index is 0.00000364. The Labute approximate surface area is 172 Å². The molecule has 152 valence electrons. The summed E-state index contributed by atoms with van der Waals surface area (Å²) in [6, 6.07) is 2.93. The minimum Gasteiger partial charge on any atom is -0.469 e. The number of halogens is 3. The van der Waals surface area contributed by atoms with E-state index in [0.717, 1.165) is 0 Å². The van der Waals surface area contributed by atoms with Crippen molar-refractivity contribution < 1.29 is 32.5 Å². The van der Waals surface area contributed by atoms with Crippen LogP contribution in [-0.4, -0.2) is 46.0 Å². The number of guanidine groups is 1. The lowest BCUT2D eigenvalue weighted by Gasteiger charge is -2.16. The van der Waals surface area contributed by atoms with E-state index in [1.54, 1.807) is 20.0 Å². The van der Waals surface area contributed by atoms with E-state index < -0.39 is 6.61 Å². The van der Waals surface area contributed by atoms with Gasteiger partial charge >= 0.3 is 12.6 Å². The maximum atomic E-state index is 12.6. The Kier molecular flexibility index (Phi) is 9.32. The second kappa shape index (κ2) is 10.9. The molecule has 1 aliphatic heterocycles. The van der Waals surface area contributed by atoms with Gasteiger partial charge in [-0.3, -0.25) is 9.79 Å². The number of hydrogen-bond acceptors (Lipinski definition) is 6. The lowest BCUT2D eigenvalue weighted by atomic mass is 10.1. The highest BCUT2D eigenvalue weighted by Crippen LogP contribution is 2.38. The molecule has 0 aliphatic carbocycles. The van der Waals surface area contributed by atoms with Crippen molar-refractivity contribution in [3.05, 3.63) is 17.7 Å². The molecule has 1 aromatic carbocycles. The topological polar surface area (TPSA) is 90.4 Å². The number of benzene rings is 1. The highest BCUT2D eigenvalue weighted by molar-refractivity contribution is 14.0. The number of esters is 1. The molecule has 0 saturated carbocycles. The van der Waals surface area contributed by atoms with E-state index in [-0.39, 0.29) is 55.0 Å². The number of nitrogens with one attached hydrogen (secondary N) is 2. The van der Waals surface area contributed by atoms with Gasteiger partial charge in [0.2, 0.25) is 6.79 Å². The first-order valence-corrected chi connectivity index (χ1v) is 7.84. The second-order valence-corrected chi connectivity index (χ2v) is 5.42. The van der Waals surface area contributed by atoms with E-state index in [2.05, 4.69) is 25.1 Å². The van der Waals surface area contributed by atoms with Crippen LogP contribution < -0.4 is 24.8 Å². The third-order valence-electron chi connectivity index (χ3n) is 3.62. The van der Waals surface area contributed by atoms with Crippen LogP contribution in [0.5, 0.6) is 17.2 Å². The van der Waals surface area contributed by atoms with Crippen molar-refractivity contribution >= 4 is 35.9 Å². The largest absolute Gasteiger partial charge is 0.469 e. The molecule has 2 rings (SSSR count). The molecule has 2 N–H and O–H groups in total. The van der Waals surface area contributed by atoms with Gasteiger partial charge in [0.1, 0.15) is 5.75 Å². The smallest absolute Gasteiger partial charge is 0.387 e. The molecule has 0 saturated heterocycles. The van der Waals surface area contributed by atoms with Crippen LogP contribution in [0.15, 0.2) is 17.1 Å². The monoisotopic (exact) mass is 501 g/mol. The number of carbonyl (C=O) groups excluding carboxylic acids is 1. The molecular formula is C16H22F2IN3O5. The molecule has 11 heteroatoms. The van der Waals surface area contributed by atoms with Crippen molar-refractivity contribution in [1.82, 2.24) is 10.6 Å². The molecule has 0 spiro atoms. The fourth-order valence-electron chi connectivity index (χ4n) is 2.24. The van der Waals surface area contributed by atoms with Gasteiger partial charge < -0.3 is 29.6 Å². The van der Waals surface area contributed by atoms with Crippen molar-refractivity contribution in [3.8, 4) is 17.2 Å². The third-order valence-corrected chi connectivity index (χ3v) is 3.62. The summed E-state index contributed by atoms with van der Waals surface area (Å²) in [5.74, 6) is 0.444. The summed E-state index contributed by atoms with van der Waals surface area (Å²) >= 11 is 0. The first kappa shape index (κ1) is 23.0. The van der Waals surface area contributed by atoms with Crippen molar-refractivity contribution in [2.75, 3.05) is 27.5 Å². The number of aliphatic imine (C=N–C) groups is 1. The van der Waals surface area contributed by atoms with Crippen LogP contribution in [0, 0.1) is 5.92 Å². The Morgan fingerprint density at radius 1 is 1.30 bits per heavy atom. The van der Waals surface area contributed by atoms with Gasteiger partial charge in [-0.05, 0) is 6.07 Å². The number of rotatable bonds is 7. The van der Waals surface area contributed by atoms with E-state index >= 15 is 0 Å². The van der Waals surface area contributed by atoms with Gasteiger partial charge in [-0.25, -0.2) is 0 Å². The van der Waals surface area contributed by atoms with Crippen LogP contribution in [0.3, 0.4) is 0 Å². The van der Waals surface area contributed by atoms with Gasteiger partial charge in [0.05, 0.1) is 13.0 Å². The van der Waals surface area contributed by atoms with Crippen molar-refractivity contribution in [2.24, 2.45) is 10.9 Å². The highest BCUT2D eigenvalue weighted by Gasteiger charge is 2.20. The fourth-order valence-corrected chi connectivity index (χ4v) is 2.24. The summed E-state index contributed by atoms with van der Waals surface area (Å²) in [4.78, 5) is 15.4. The normalized spacial score (nSPS) is 13.6. The molecule has 0 bridgehead atoms. The zero-order valence-corrected chi connectivity index (χ0v) is 17.4. The first-order valence-electron chi connectivity index (χ1n) is 7.84. The molecule has 1 aliphatic rings. The van der Waals surface area contributed by atoms with E-state index in [1.807, 2.05) is 0 Å². The number of fused-ring (bicyclic) bond motifs is 1. The maximum Gasteiger partial charge on any atom is 0.387 e. The van der Waals surface area contributed by atoms with Crippen LogP contribution in [0.4, 0.5) is 8.78 Å². The summed E-state index contributed by atoms with van der Waals surface area (Å²) in [5.41, 5.74) is 0.443. The minimum absolute atomic E-state index is 0. The second-order valence-electron chi connectivity index (χ2n) is 5.42. The van der Waals surface area contributed by atoms with Gasteiger partial charge in [0.15, 0.2) is 17.5 Å². The van der Waals surface area contributed by atoms with Gasteiger partial charge in [-0.1, -0.05) is 6.92 Å². The van der Waals surface area contributed by atoms with Crippen LogP contribution in [-0.2, 0) is 16.1 Å². The molecule has 0 radical (unpaired) electrons. The van der Waals surface area contributed by atoms with E-state index in [9.17, 15) is 13.6 Å². The van der Waals surface area contributed by atoms with E-state index in [0.29, 0.717) is 29.6 Å². The molecule has 27 heavy (non-hydrogen) atoms. The average molecular weight is 501 g/mol. The number of nitrogens with zero attached hydrogens (tertiary/aromatic N) is 1. The van der Waals surface area contributed by atoms with Crippen LogP contribution >= 0.6 is 24.0 Å². The Hall–Kier alpha value is -2.05. The third kappa shape index (κ3) is 6.56. The molecule has 8 nitrogen and oxygen atoms in total. The average Bonchev–Trinajstić information content (AvgIpc) is 3.07. The highest BCUT2D eigenvalue weighted by atomic mass is 127. The standard InChI is InChI=1S/C16H21F2N3O5.HI/c1-9(14(22)23-3)6-20-16(19-2)21-7-10-4-12-13(25-8-24-12)5-11(10)26-15(17)18;/h4-5,9,15H,6-8H2,1-3H3,(H2,19,20,21);1H. The zero-order valence-electron chi connectivity index (χ0n) is 15.1. The lowest BCUT2D eigenvalue weighted by molar-refractivity contribution is -0.144. The Bertz CT molecular complexity index is 676. The Morgan fingerprint density at radius 2 is 1.96 bits per heavy atom. The van der Waals surface area contributed by atoms with Crippen molar-refractivity contribution in [1.29, 1.82) is 0 Å². The predicted molar refractivity (Wildman–Crippen MR) is 104 cm³/mol. The van der Waals surface area contributed by atoms with Gasteiger partial charge in [0.25, 0.3) is 0 Å². The predicted octanol–water partition coefficient (Wildman–Crippen LogP) is 2.11. The number of ether oxygens (including phenoxy) is 4. The SMILES string of the molecule is CN=C(NCc1cc2c(cc1OC(F)F)OCO2)NCC(C)C(=O)OC.I. The van der Waals surface area contributed by atoms with Crippen LogP contribution in [0.25, 0.3) is 0 Å². The molecule has 0 amide bonds. The van der Waals surface area contributed by atoms with E-state index in [4.69, 9.17) is 9.47 Å². The number of methoxy groups -OCH3 is 1. The number of carbonyl (C=O) groups is 1. The summed E-state index contributed by atoms with van der Waals surface area (Å²) in [6.45, 7) is -0.792. The van der Waals surface area contributed by atoms with Crippen molar-refractivity contribution in [2.45, 2.75) is 20.1 Å². The molecule has 1 atom stereocenters. The zero-order chi connectivity index (χ0) is 19.1. The fraction of sp³-hybridized carbons (Fsp3) is 0.500. The van der Waals surface area contributed by atoms with Gasteiger partial charge in [0, 0.05) is 31.8 Å². The summed E-state index contributed by atoms with van der Waals surface area (Å²) in [6.07, 6.45) is 0. The maximum absolute atomic E-state index is 12.6. The number of alkyl halides is 2. The molecule has 0 fully saturated rings.